The van der Waals surface area contributed by atoms with Crippen molar-refractivity contribution in [2.45, 2.75) is 20.4 Å². The van der Waals surface area contributed by atoms with Gasteiger partial charge in [-0.15, -0.1) is 0 Å². The van der Waals surface area contributed by atoms with E-state index in [1.807, 2.05) is 24.1 Å². The Bertz CT molecular complexity index is 718. The Balaban J connectivity index is 2.11. The van der Waals surface area contributed by atoms with Crippen LogP contribution in [0, 0.1) is 13.8 Å². The summed E-state index contributed by atoms with van der Waals surface area (Å²) in [6.45, 7) is 4.81. The molecular formula is C18H21BrN2OS. The van der Waals surface area contributed by atoms with Gasteiger partial charge in [0.15, 0.2) is 5.11 Å². The number of ether oxygens (including phenoxy) is 1. The van der Waals surface area contributed by atoms with Crippen LogP contribution in [0.5, 0.6) is 5.75 Å². The van der Waals surface area contributed by atoms with Gasteiger partial charge in [-0.05, 0) is 61.5 Å². The SMILES string of the molecule is COc1ccc(Br)cc1CN(C)C(=S)Nc1cc(C)ccc1C. The Morgan fingerprint density at radius 2 is 1.96 bits per heavy atom. The molecule has 0 unspecified atom stereocenters. The highest BCUT2D eigenvalue weighted by molar-refractivity contribution is 9.10. The van der Waals surface area contributed by atoms with E-state index in [4.69, 9.17) is 17.0 Å². The summed E-state index contributed by atoms with van der Waals surface area (Å²) in [5.74, 6) is 0.856. The second-order valence-electron chi connectivity index (χ2n) is 5.56. The number of thiocarbonyl (C=S) groups is 1. The third kappa shape index (κ3) is 4.69. The van der Waals surface area contributed by atoms with E-state index in [-0.39, 0.29) is 0 Å². The number of anilines is 1. The van der Waals surface area contributed by atoms with Crippen molar-refractivity contribution in [1.29, 1.82) is 0 Å². The standard InChI is InChI=1S/C18H21BrN2OS/c1-12-5-6-13(2)16(9-12)20-18(23)21(3)11-14-10-15(19)7-8-17(14)22-4/h5-10H,11H2,1-4H3,(H,20,23). The van der Waals surface area contributed by atoms with Crippen LogP contribution >= 0.6 is 28.1 Å². The molecule has 0 fully saturated rings. The number of nitrogens with one attached hydrogen (secondary N) is 1. The van der Waals surface area contributed by atoms with Gasteiger partial charge in [-0.25, -0.2) is 0 Å². The molecule has 0 aliphatic heterocycles. The number of hydrogen-bond donors (Lipinski definition) is 1. The van der Waals surface area contributed by atoms with Gasteiger partial charge in [-0.1, -0.05) is 28.1 Å². The summed E-state index contributed by atoms with van der Waals surface area (Å²) in [6, 6.07) is 12.3. The maximum absolute atomic E-state index is 5.54. The Morgan fingerprint density at radius 3 is 2.65 bits per heavy atom. The largest absolute Gasteiger partial charge is 0.496 e. The van der Waals surface area contributed by atoms with Crippen LogP contribution in [-0.2, 0) is 6.54 Å². The topological polar surface area (TPSA) is 24.5 Å². The van der Waals surface area contributed by atoms with Crippen LogP contribution in [0.15, 0.2) is 40.9 Å². The van der Waals surface area contributed by atoms with Gasteiger partial charge in [-0.2, -0.15) is 0 Å². The van der Waals surface area contributed by atoms with E-state index >= 15 is 0 Å². The van der Waals surface area contributed by atoms with Crippen LogP contribution in [0.1, 0.15) is 16.7 Å². The zero-order valence-electron chi connectivity index (χ0n) is 13.8. The normalized spacial score (nSPS) is 10.3. The summed E-state index contributed by atoms with van der Waals surface area (Å²) in [5.41, 5.74) is 4.50. The molecule has 0 spiro atoms. The lowest BCUT2D eigenvalue weighted by Gasteiger charge is -2.23. The molecule has 2 rings (SSSR count). The van der Waals surface area contributed by atoms with Gasteiger partial charge in [-0.3, -0.25) is 0 Å². The molecule has 0 bridgehead atoms. The first-order valence-electron chi connectivity index (χ1n) is 7.32. The number of hydrogen-bond acceptors (Lipinski definition) is 2. The molecular weight excluding hydrogens is 372 g/mol. The highest BCUT2D eigenvalue weighted by atomic mass is 79.9. The predicted octanol–water partition coefficient (Wildman–Crippen LogP) is 4.90. The van der Waals surface area contributed by atoms with Gasteiger partial charge < -0.3 is 15.0 Å². The molecule has 23 heavy (non-hydrogen) atoms. The average Bonchev–Trinajstić information content (AvgIpc) is 2.51. The zero-order valence-corrected chi connectivity index (χ0v) is 16.2. The Kier molecular flexibility index (Phi) is 6.02. The summed E-state index contributed by atoms with van der Waals surface area (Å²) in [4.78, 5) is 2.00. The predicted molar refractivity (Wildman–Crippen MR) is 104 cm³/mol. The molecule has 122 valence electrons. The minimum atomic E-state index is 0.666. The highest BCUT2D eigenvalue weighted by Crippen LogP contribution is 2.24. The number of benzene rings is 2. The van der Waals surface area contributed by atoms with Crippen LogP contribution in [0.2, 0.25) is 0 Å². The molecule has 2 aromatic rings. The molecule has 1 N–H and O–H groups in total. The molecule has 0 saturated carbocycles. The number of aryl methyl sites for hydroxylation is 2. The van der Waals surface area contributed by atoms with Crippen molar-refractivity contribution >= 4 is 38.9 Å². The van der Waals surface area contributed by atoms with Gasteiger partial charge in [0.1, 0.15) is 5.75 Å². The monoisotopic (exact) mass is 392 g/mol. The number of nitrogens with zero attached hydrogens (tertiary/aromatic N) is 1. The van der Waals surface area contributed by atoms with E-state index in [1.165, 1.54) is 11.1 Å². The number of halogens is 1. The van der Waals surface area contributed by atoms with Crippen molar-refractivity contribution in [3.63, 3.8) is 0 Å². The van der Waals surface area contributed by atoms with Gasteiger partial charge in [0.25, 0.3) is 0 Å². The van der Waals surface area contributed by atoms with Crippen LogP contribution in [0.4, 0.5) is 5.69 Å². The Morgan fingerprint density at radius 1 is 1.22 bits per heavy atom. The molecule has 0 aromatic heterocycles. The third-order valence-electron chi connectivity index (χ3n) is 3.63. The first-order valence-corrected chi connectivity index (χ1v) is 8.52. The minimum absolute atomic E-state index is 0.666. The Labute approximate surface area is 151 Å². The first kappa shape index (κ1) is 17.8. The molecule has 0 aliphatic rings. The lowest BCUT2D eigenvalue weighted by molar-refractivity contribution is 0.399. The summed E-state index contributed by atoms with van der Waals surface area (Å²) >= 11 is 9.04. The van der Waals surface area contributed by atoms with E-state index < -0.39 is 0 Å². The second-order valence-corrected chi connectivity index (χ2v) is 6.86. The highest BCUT2D eigenvalue weighted by Gasteiger charge is 2.11. The molecule has 0 aliphatic carbocycles. The van der Waals surface area contributed by atoms with Crippen molar-refractivity contribution in [2.24, 2.45) is 0 Å². The molecule has 2 aromatic carbocycles. The van der Waals surface area contributed by atoms with Gasteiger partial charge in [0.2, 0.25) is 0 Å². The Hall–Kier alpha value is -1.59. The minimum Gasteiger partial charge on any atom is -0.496 e. The van der Waals surface area contributed by atoms with E-state index in [2.05, 4.69) is 59.4 Å². The molecule has 0 heterocycles. The fourth-order valence-electron chi connectivity index (χ4n) is 2.28. The number of methoxy groups -OCH3 is 1. The molecule has 0 atom stereocenters. The maximum atomic E-state index is 5.54. The molecule has 0 saturated heterocycles. The van der Waals surface area contributed by atoms with Crippen molar-refractivity contribution in [1.82, 2.24) is 4.90 Å². The van der Waals surface area contributed by atoms with Crippen LogP contribution in [0.25, 0.3) is 0 Å². The number of rotatable bonds is 4. The van der Waals surface area contributed by atoms with E-state index in [1.54, 1.807) is 7.11 Å². The summed E-state index contributed by atoms with van der Waals surface area (Å²) < 4.78 is 6.45. The van der Waals surface area contributed by atoms with Crippen LogP contribution in [-0.4, -0.2) is 24.2 Å². The van der Waals surface area contributed by atoms with Crippen molar-refractivity contribution < 1.29 is 4.74 Å². The van der Waals surface area contributed by atoms with Gasteiger partial charge >= 0.3 is 0 Å². The lowest BCUT2D eigenvalue weighted by atomic mass is 10.1. The fourth-order valence-corrected chi connectivity index (χ4v) is 2.86. The molecule has 0 radical (unpaired) electrons. The molecule has 5 heteroatoms. The molecule has 3 nitrogen and oxygen atoms in total. The van der Waals surface area contributed by atoms with E-state index in [0.717, 1.165) is 21.5 Å². The lowest BCUT2D eigenvalue weighted by Crippen LogP contribution is -2.31. The quantitative estimate of drug-likeness (QED) is 0.747. The molecule has 0 amide bonds. The van der Waals surface area contributed by atoms with Crippen molar-refractivity contribution in [3.05, 3.63) is 57.6 Å². The van der Waals surface area contributed by atoms with Gasteiger partial charge in [0, 0.05) is 29.3 Å². The van der Waals surface area contributed by atoms with E-state index in [0.29, 0.717) is 11.7 Å². The average molecular weight is 393 g/mol. The summed E-state index contributed by atoms with van der Waals surface area (Å²) in [6.07, 6.45) is 0. The maximum Gasteiger partial charge on any atom is 0.173 e. The first-order chi connectivity index (χ1) is 10.9. The zero-order chi connectivity index (χ0) is 17.0. The van der Waals surface area contributed by atoms with Crippen molar-refractivity contribution in [2.75, 3.05) is 19.5 Å². The second kappa shape index (κ2) is 7.79. The van der Waals surface area contributed by atoms with Crippen LogP contribution in [0.3, 0.4) is 0 Å². The van der Waals surface area contributed by atoms with Gasteiger partial charge in [0.05, 0.1) is 7.11 Å². The smallest absolute Gasteiger partial charge is 0.173 e. The van der Waals surface area contributed by atoms with Crippen LogP contribution < -0.4 is 10.1 Å². The summed E-state index contributed by atoms with van der Waals surface area (Å²) in [7, 11) is 3.65. The van der Waals surface area contributed by atoms with E-state index in [9.17, 15) is 0 Å². The third-order valence-corrected chi connectivity index (χ3v) is 4.54. The van der Waals surface area contributed by atoms with Crippen molar-refractivity contribution in [3.8, 4) is 5.75 Å². The summed E-state index contributed by atoms with van der Waals surface area (Å²) in [5, 5.41) is 4.01. The fraction of sp³-hybridized carbons (Fsp3) is 0.278.